The summed E-state index contributed by atoms with van der Waals surface area (Å²) < 4.78 is 5.45. The number of benzene rings is 1. The summed E-state index contributed by atoms with van der Waals surface area (Å²) in [5.74, 6) is -0.466. The van der Waals surface area contributed by atoms with Crippen LogP contribution < -0.4 is 5.32 Å². The summed E-state index contributed by atoms with van der Waals surface area (Å²) in [7, 11) is 0. The molecule has 0 radical (unpaired) electrons. The lowest BCUT2D eigenvalue weighted by molar-refractivity contribution is -0.384. The summed E-state index contributed by atoms with van der Waals surface area (Å²) in [5, 5.41) is 13.3. The summed E-state index contributed by atoms with van der Waals surface area (Å²) >= 11 is 5.88. The second-order valence-electron chi connectivity index (χ2n) is 4.77. The summed E-state index contributed by atoms with van der Waals surface area (Å²) in [6.07, 6.45) is 0. The van der Waals surface area contributed by atoms with Crippen LogP contribution >= 0.6 is 11.6 Å². The van der Waals surface area contributed by atoms with Crippen LogP contribution in [0.25, 0.3) is 0 Å². The van der Waals surface area contributed by atoms with Crippen molar-refractivity contribution in [1.29, 1.82) is 0 Å². The average Bonchev–Trinajstić information content (AvgIpc) is 2.36. The van der Waals surface area contributed by atoms with Crippen LogP contribution in [0.15, 0.2) is 18.2 Å². The number of nitrogens with zero attached hydrogens (tertiary/aromatic N) is 1. The molecule has 0 unspecified atom stereocenters. The van der Waals surface area contributed by atoms with Gasteiger partial charge in [-0.15, -0.1) is 0 Å². The van der Waals surface area contributed by atoms with E-state index in [0.717, 1.165) is 0 Å². The molecule has 0 spiro atoms. The van der Waals surface area contributed by atoms with Crippen LogP contribution in [0.5, 0.6) is 0 Å². The zero-order valence-electron chi connectivity index (χ0n) is 11.6. The van der Waals surface area contributed by atoms with Crippen molar-refractivity contribution in [3.05, 3.63) is 38.9 Å². The van der Waals surface area contributed by atoms with Gasteiger partial charge in [-0.3, -0.25) is 14.9 Å². The van der Waals surface area contributed by atoms with Gasteiger partial charge < -0.3 is 10.1 Å². The van der Waals surface area contributed by atoms with E-state index >= 15 is 0 Å². The molecule has 0 fully saturated rings. The van der Waals surface area contributed by atoms with Crippen LogP contribution in [0.2, 0.25) is 5.02 Å². The highest BCUT2D eigenvalue weighted by Gasteiger charge is 2.23. The maximum absolute atomic E-state index is 12.0. The molecule has 1 amide bonds. The quantitative estimate of drug-likeness (QED) is 0.647. The Balaban J connectivity index is 2.84. The lowest BCUT2D eigenvalue weighted by Gasteiger charge is -2.24. The minimum Gasteiger partial charge on any atom is -0.374 e. The molecular weight excluding hydrogens is 284 g/mol. The van der Waals surface area contributed by atoms with Crippen LogP contribution in [0.1, 0.15) is 31.1 Å². The number of nitrogens with one attached hydrogen (secondary N) is 1. The second-order valence-corrected chi connectivity index (χ2v) is 5.15. The predicted molar refractivity (Wildman–Crippen MR) is 76.1 cm³/mol. The van der Waals surface area contributed by atoms with Crippen LogP contribution in [-0.2, 0) is 4.74 Å². The van der Waals surface area contributed by atoms with Gasteiger partial charge in [0, 0.05) is 19.2 Å². The predicted octanol–water partition coefficient (Wildman–Crippen LogP) is 2.79. The second kappa shape index (κ2) is 6.67. The molecule has 6 nitrogen and oxygen atoms in total. The van der Waals surface area contributed by atoms with Crippen molar-refractivity contribution in [3.8, 4) is 0 Å². The topological polar surface area (TPSA) is 81.5 Å². The SMILES string of the molecule is CCOC(C)(C)CNC(=O)c1cccc([N+](=O)[O-])c1Cl. The van der Waals surface area contributed by atoms with E-state index in [0.29, 0.717) is 6.61 Å². The van der Waals surface area contributed by atoms with Gasteiger partial charge in [0.1, 0.15) is 5.02 Å². The molecular formula is C13H17ClN2O4. The Morgan fingerprint density at radius 2 is 2.15 bits per heavy atom. The fourth-order valence-electron chi connectivity index (χ4n) is 1.67. The zero-order chi connectivity index (χ0) is 15.3. The van der Waals surface area contributed by atoms with E-state index in [9.17, 15) is 14.9 Å². The van der Waals surface area contributed by atoms with E-state index in [2.05, 4.69) is 5.32 Å². The number of carbonyl (C=O) groups is 1. The van der Waals surface area contributed by atoms with Gasteiger partial charge in [-0.1, -0.05) is 17.7 Å². The van der Waals surface area contributed by atoms with Crippen LogP contribution in [0.4, 0.5) is 5.69 Å². The Kier molecular flexibility index (Phi) is 5.47. The minimum absolute atomic E-state index is 0.0770. The Morgan fingerprint density at radius 1 is 1.50 bits per heavy atom. The number of nitro groups is 1. The molecule has 0 aliphatic heterocycles. The van der Waals surface area contributed by atoms with Gasteiger partial charge in [-0.2, -0.15) is 0 Å². The summed E-state index contributed by atoms with van der Waals surface area (Å²) in [6.45, 7) is 6.35. The Bertz CT molecular complexity index is 517. The number of halogens is 1. The molecule has 0 aromatic heterocycles. The van der Waals surface area contributed by atoms with Gasteiger partial charge in [0.25, 0.3) is 11.6 Å². The number of rotatable bonds is 6. The molecule has 0 saturated carbocycles. The van der Waals surface area contributed by atoms with Gasteiger partial charge in [0.2, 0.25) is 0 Å². The van der Waals surface area contributed by atoms with Crippen molar-refractivity contribution in [2.45, 2.75) is 26.4 Å². The Labute approximate surface area is 122 Å². The van der Waals surface area contributed by atoms with Gasteiger partial charge in [-0.25, -0.2) is 0 Å². The van der Waals surface area contributed by atoms with Crippen molar-refractivity contribution in [2.24, 2.45) is 0 Å². The van der Waals surface area contributed by atoms with E-state index in [1.807, 2.05) is 20.8 Å². The fraction of sp³-hybridized carbons (Fsp3) is 0.462. The van der Waals surface area contributed by atoms with Crippen molar-refractivity contribution >= 4 is 23.2 Å². The average molecular weight is 301 g/mol. The van der Waals surface area contributed by atoms with Gasteiger partial charge >= 0.3 is 0 Å². The number of carbonyl (C=O) groups excluding carboxylic acids is 1. The lowest BCUT2D eigenvalue weighted by Crippen LogP contribution is -2.40. The number of amides is 1. The van der Waals surface area contributed by atoms with Crippen molar-refractivity contribution < 1.29 is 14.5 Å². The van der Waals surface area contributed by atoms with E-state index in [-0.39, 0.29) is 22.8 Å². The summed E-state index contributed by atoms with van der Waals surface area (Å²) in [6, 6.07) is 4.12. The van der Waals surface area contributed by atoms with E-state index in [4.69, 9.17) is 16.3 Å². The highest BCUT2D eigenvalue weighted by atomic mass is 35.5. The minimum atomic E-state index is -0.622. The third kappa shape index (κ3) is 4.18. The molecule has 1 rings (SSSR count). The molecule has 1 aromatic rings. The largest absolute Gasteiger partial charge is 0.374 e. The van der Waals surface area contributed by atoms with Gasteiger partial charge in [-0.05, 0) is 26.8 Å². The van der Waals surface area contributed by atoms with E-state index in [1.54, 1.807) is 0 Å². The van der Waals surface area contributed by atoms with E-state index in [1.165, 1.54) is 18.2 Å². The van der Waals surface area contributed by atoms with Crippen molar-refractivity contribution in [1.82, 2.24) is 5.32 Å². The zero-order valence-corrected chi connectivity index (χ0v) is 12.4. The molecule has 0 saturated heterocycles. The van der Waals surface area contributed by atoms with Crippen LogP contribution in [0, 0.1) is 10.1 Å². The summed E-state index contributed by atoms with van der Waals surface area (Å²) in [5.41, 5.74) is -0.728. The summed E-state index contributed by atoms with van der Waals surface area (Å²) in [4.78, 5) is 22.2. The third-order valence-corrected chi connectivity index (χ3v) is 3.03. The molecule has 110 valence electrons. The molecule has 0 bridgehead atoms. The maximum atomic E-state index is 12.0. The first kappa shape index (κ1) is 16.4. The smallest absolute Gasteiger partial charge is 0.288 e. The third-order valence-electron chi connectivity index (χ3n) is 2.63. The first-order valence-corrected chi connectivity index (χ1v) is 6.51. The maximum Gasteiger partial charge on any atom is 0.288 e. The highest BCUT2D eigenvalue weighted by Crippen LogP contribution is 2.27. The standard InChI is InChI=1S/C13H17ClN2O4/c1-4-20-13(2,3)8-15-12(17)9-6-5-7-10(11(9)14)16(18)19/h5-7H,4,8H2,1-3H3,(H,15,17). The molecule has 0 aliphatic carbocycles. The number of hydrogen-bond acceptors (Lipinski definition) is 4. The Morgan fingerprint density at radius 3 is 2.70 bits per heavy atom. The highest BCUT2D eigenvalue weighted by molar-refractivity contribution is 6.35. The van der Waals surface area contributed by atoms with Gasteiger partial charge in [0.15, 0.2) is 0 Å². The van der Waals surface area contributed by atoms with E-state index < -0.39 is 16.4 Å². The monoisotopic (exact) mass is 300 g/mol. The van der Waals surface area contributed by atoms with Crippen LogP contribution in [-0.4, -0.2) is 29.6 Å². The lowest BCUT2D eigenvalue weighted by atomic mass is 10.1. The first-order chi connectivity index (χ1) is 9.28. The van der Waals surface area contributed by atoms with Crippen LogP contribution in [0.3, 0.4) is 0 Å². The Hall–Kier alpha value is -1.66. The molecule has 1 aromatic carbocycles. The van der Waals surface area contributed by atoms with Gasteiger partial charge in [0.05, 0.1) is 16.1 Å². The number of nitro benzene ring substituents is 1. The number of hydrogen-bond donors (Lipinski definition) is 1. The molecule has 20 heavy (non-hydrogen) atoms. The first-order valence-electron chi connectivity index (χ1n) is 6.13. The van der Waals surface area contributed by atoms with Crippen molar-refractivity contribution in [2.75, 3.05) is 13.2 Å². The molecule has 0 aliphatic rings. The molecule has 7 heteroatoms. The fourth-order valence-corrected chi connectivity index (χ4v) is 1.95. The molecule has 1 N–H and O–H groups in total. The number of ether oxygens (including phenoxy) is 1. The molecule has 0 atom stereocenters. The molecule has 0 heterocycles. The van der Waals surface area contributed by atoms with Crippen molar-refractivity contribution in [3.63, 3.8) is 0 Å². The normalized spacial score (nSPS) is 11.2.